The van der Waals surface area contributed by atoms with E-state index in [1.807, 2.05) is 0 Å². The first-order chi connectivity index (χ1) is 6.18. The minimum Gasteiger partial charge on any atom is -0.480 e. The van der Waals surface area contributed by atoms with E-state index in [0.29, 0.717) is 19.4 Å². The Morgan fingerprint density at radius 3 is 2.67 bits per heavy atom. The number of nitrogens with two attached hydrogens (primary N) is 1. The molecule has 1 atom stereocenters. The molecule has 6 nitrogen and oxygen atoms in total. The predicted octanol–water partition coefficient (Wildman–Crippen LogP) is 0.193. The van der Waals surface area contributed by atoms with Crippen molar-refractivity contribution in [2.45, 2.75) is 18.9 Å². The van der Waals surface area contributed by atoms with Crippen LogP contribution in [0.15, 0.2) is 0 Å². The van der Waals surface area contributed by atoms with Crippen LogP contribution < -0.4 is 11.1 Å². The number of halogens is 2. The lowest BCUT2D eigenvalue weighted by atomic mass is 10.2. The Kier molecular flexibility index (Phi) is 17.9. The fourth-order valence-corrected chi connectivity index (χ4v) is 0.743. The molecule has 0 aromatic heterocycles. The predicted molar refractivity (Wildman–Crippen MR) is 62.1 cm³/mol. The number of aliphatic carboxylic acids is 1. The maximum Gasteiger partial charge on any atom is 0.320 e. The molecule has 0 spiro atoms. The third kappa shape index (κ3) is 13.4. The van der Waals surface area contributed by atoms with Crippen molar-refractivity contribution in [3.05, 3.63) is 0 Å². The molecule has 0 aliphatic carbocycles. The van der Waals surface area contributed by atoms with E-state index in [-0.39, 0.29) is 31.5 Å². The fourth-order valence-electron chi connectivity index (χ4n) is 0.743. The summed E-state index contributed by atoms with van der Waals surface area (Å²) in [6.45, 7) is 0.903. The number of nitrogens with one attached hydrogen (secondary N) is 2. The second-order valence-electron chi connectivity index (χ2n) is 2.52. The fraction of sp³-hybridized carbons (Fsp3) is 0.714. The molecule has 0 saturated carbocycles. The summed E-state index contributed by atoms with van der Waals surface area (Å²) < 4.78 is 4.57. The highest BCUT2D eigenvalue weighted by molar-refractivity contribution is 5.85. The summed E-state index contributed by atoms with van der Waals surface area (Å²) in [5, 5.41) is 17.8. The summed E-state index contributed by atoms with van der Waals surface area (Å²) in [5.74, 6) is -0.976. The summed E-state index contributed by atoms with van der Waals surface area (Å²) in [5.41, 5.74) is 5.26. The molecule has 15 heavy (non-hydrogen) atoms. The number of carbonyl (C=O) groups is 1. The topological polar surface area (TPSA) is 108 Å². The molecule has 92 valence electrons. The van der Waals surface area contributed by atoms with Crippen LogP contribution in [-0.4, -0.2) is 36.8 Å². The van der Waals surface area contributed by atoms with Crippen LogP contribution in [-0.2, 0) is 9.53 Å². The van der Waals surface area contributed by atoms with E-state index in [0.717, 1.165) is 6.40 Å². The van der Waals surface area contributed by atoms with Gasteiger partial charge >= 0.3 is 5.97 Å². The van der Waals surface area contributed by atoms with E-state index in [1.54, 1.807) is 0 Å². The molecule has 0 radical (unpaired) electrons. The SMILES string of the molecule is Cl.Cl.N=COCNCCC[C@H](N)C(=O)O. The van der Waals surface area contributed by atoms with Gasteiger partial charge in [-0.25, -0.2) is 0 Å². The van der Waals surface area contributed by atoms with Crippen LogP contribution in [0, 0.1) is 5.41 Å². The molecule has 0 saturated heterocycles. The van der Waals surface area contributed by atoms with Gasteiger partial charge in [0.2, 0.25) is 0 Å². The first-order valence-electron chi connectivity index (χ1n) is 3.98. The van der Waals surface area contributed by atoms with Crippen molar-refractivity contribution in [2.24, 2.45) is 5.73 Å². The van der Waals surface area contributed by atoms with Gasteiger partial charge in [-0.15, -0.1) is 24.8 Å². The summed E-state index contributed by atoms with van der Waals surface area (Å²) in [6, 6.07) is -0.787. The zero-order valence-electron chi connectivity index (χ0n) is 8.14. The number of hydrogen-bond donors (Lipinski definition) is 4. The van der Waals surface area contributed by atoms with Crippen LogP contribution in [0.3, 0.4) is 0 Å². The molecule has 5 N–H and O–H groups in total. The summed E-state index contributed by atoms with van der Waals surface area (Å²) in [7, 11) is 0. The Morgan fingerprint density at radius 2 is 2.20 bits per heavy atom. The lowest BCUT2D eigenvalue weighted by Crippen LogP contribution is -2.31. The van der Waals surface area contributed by atoms with E-state index in [4.69, 9.17) is 16.2 Å². The quantitative estimate of drug-likeness (QED) is 0.216. The largest absolute Gasteiger partial charge is 0.480 e. The lowest BCUT2D eigenvalue weighted by Gasteiger charge is -2.06. The van der Waals surface area contributed by atoms with Gasteiger partial charge in [0.25, 0.3) is 0 Å². The molecule has 0 aromatic carbocycles. The van der Waals surface area contributed by atoms with Crippen molar-refractivity contribution < 1.29 is 14.6 Å². The van der Waals surface area contributed by atoms with Gasteiger partial charge in [-0.1, -0.05) is 0 Å². The van der Waals surface area contributed by atoms with Crippen LogP contribution >= 0.6 is 24.8 Å². The molecule has 0 bridgehead atoms. The second kappa shape index (κ2) is 13.4. The van der Waals surface area contributed by atoms with Crippen molar-refractivity contribution in [3.8, 4) is 0 Å². The molecule has 0 aromatic rings. The number of rotatable bonds is 8. The highest BCUT2D eigenvalue weighted by atomic mass is 35.5. The third-order valence-corrected chi connectivity index (χ3v) is 1.45. The third-order valence-electron chi connectivity index (χ3n) is 1.45. The van der Waals surface area contributed by atoms with Gasteiger partial charge in [0.15, 0.2) is 6.40 Å². The second-order valence-corrected chi connectivity index (χ2v) is 2.52. The van der Waals surface area contributed by atoms with Crippen LogP contribution in [0.2, 0.25) is 0 Å². The molecule has 0 fully saturated rings. The van der Waals surface area contributed by atoms with Crippen molar-refractivity contribution in [1.82, 2.24) is 5.32 Å². The average Bonchev–Trinajstić information content (AvgIpc) is 2.10. The molecule has 0 aliphatic rings. The molecule has 0 amide bonds. The first-order valence-corrected chi connectivity index (χ1v) is 3.98. The van der Waals surface area contributed by atoms with Crippen LogP contribution in [0.5, 0.6) is 0 Å². The minimum absolute atomic E-state index is 0. The Balaban J connectivity index is -0.000000720. The minimum atomic E-state index is -0.976. The maximum absolute atomic E-state index is 10.3. The molecular formula is C7H17Cl2N3O3. The van der Waals surface area contributed by atoms with E-state index in [9.17, 15) is 4.79 Å². The summed E-state index contributed by atoms with van der Waals surface area (Å²) in [6.07, 6.45) is 1.96. The van der Waals surface area contributed by atoms with Crippen molar-refractivity contribution in [2.75, 3.05) is 13.3 Å². The van der Waals surface area contributed by atoms with E-state index in [2.05, 4.69) is 10.1 Å². The standard InChI is InChI=1S/C7H15N3O3.2ClH/c8-4-13-5-10-3-1-2-6(9)7(11)12;;/h4,6,8,10H,1-3,5,9H2,(H,11,12);2*1H/t6-;;/m0../s1. The normalized spacial score (nSPS) is 10.5. The number of carboxylic acids is 1. The van der Waals surface area contributed by atoms with Crippen molar-refractivity contribution in [1.29, 1.82) is 5.41 Å². The van der Waals surface area contributed by atoms with Gasteiger partial charge < -0.3 is 15.6 Å². The highest BCUT2D eigenvalue weighted by Gasteiger charge is 2.09. The Labute approximate surface area is 101 Å². The van der Waals surface area contributed by atoms with Crippen molar-refractivity contribution >= 4 is 37.2 Å². The molecule has 8 heteroatoms. The Bertz CT molecular complexity index is 172. The molecule has 0 unspecified atom stereocenters. The first kappa shape index (κ1) is 19.9. The number of ether oxygens (including phenoxy) is 1. The van der Waals surface area contributed by atoms with E-state index in [1.165, 1.54) is 0 Å². The molecule has 0 aliphatic heterocycles. The number of hydrogen-bond acceptors (Lipinski definition) is 5. The highest BCUT2D eigenvalue weighted by Crippen LogP contribution is 1.92. The van der Waals surface area contributed by atoms with Crippen LogP contribution in [0.4, 0.5) is 0 Å². The van der Waals surface area contributed by atoms with E-state index >= 15 is 0 Å². The van der Waals surface area contributed by atoms with Gasteiger partial charge in [-0.3, -0.25) is 15.5 Å². The van der Waals surface area contributed by atoms with Gasteiger partial charge in [0.1, 0.15) is 12.8 Å². The van der Waals surface area contributed by atoms with Gasteiger partial charge in [0.05, 0.1) is 0 Å². The Morgan fingerprint density at radius 1 is 1.60 bits per heavy atom. The van der Waals surface area contributed by atoms with Gasteiger partial charge in [-0.05, 0) is 19.4 Å². The lowest BCUT2D eigenvalue weighted by molar-refractivity contribution is -0.138. The van der Waals surface area contributed by atoms with Gasteiger partial charge in [-0.2, -0.15) is 0 Å². The Hall–Kier alpha value is -0.560. The van der Waals surface area contributed by atoms with E-state index < -0.39 is 12.0 Å². The van der Waals surface area contributed by atoms with Crippen LogP contribution in [0.25, 0.3) is 0 Å². The molecular weight excluding hydrogens is 245 g/mol. The maximum atomic E-state index is 10.3. The number of carboxylic acid groups (broad SMARTS) is 1. The summed E-state index contributed by atoms with van der Waals surface area (Å²) >= 11 is 0. The smallest absolute Gasteiger partial charge is 0.320 e. The monoisotopic (exact) mass is 261 g/mol. The molecule has 0 rings (SSSR count). The van der Waals surface area contributed by atoms with Crippen molar-refractivity contribution in [3.63, 3.8) is 0 Å². The van der Waals surface area contributed by atoms with Gasteiger partial charge in [0, 0.05) is 0 Å². The van der Waals surface area contributed by atoms with Crippen LogP contribution in [0.1, 0.15) is 12.8 Å². The zero-order chi connectivity index (χ0) is 10.1. The summed E-state index contributed by atoms with van der Waals surface area (Å²) in [4.78, 5) is 10.3. The average molecular weight is 262 g/mol. The zero-order valence-corrected chi connectivity index (χ0v) is 9.77. The molecule has 0 heterocycles.